The third-order valence-electron chi connectivity index (χ3n) is 4.02. The van der Waals surface area contributed by atoms with E-state index >= 15 is 0 Å². The van der Waals surface area contributed by atoms with Crippen LogP contribution in [0.25, 0.3) is 0 Å². The van der Waals surface area contributed by atoms with Gasteiger partial charge in [0.2, 0.25) is 0 Å². The minimum Gasteiger partial charge on any atom is -0.489 e. The minimum absolute atomic E-state index is 0.283. The molecule has 1 aromatic rings. The average molecular weight is 261 g/mol. The topological polar surface area (TPSA) is 21.3 Å². The van der Waals surface area contributed by atoms with Crippen molar-refractivity contribution >= 4 is 0 Å². The van der Waals surface area contributed by atoms with Crippen molar-refractivity contribution in [3.8, 4) is 5.75 Å². The molecule has 2 unspecified atom stereocenters. The predicted molar refractivity (Wildman–Crippen MR) is 80.9 cm³/mol. The van der Waals surface area contributed by atoms with E-state index in [0.717, 1.165) is 31.2 Å². The number of hydrogen-bond acceptors (Lipinski definition) is 2. The highest BCUT2D eigenvalue weighted by Gasteiger charge is 2.22. The van der Waals surface area contributed by atoms with Gasteiger partial charge in [0, 0.05) is 12.6 Å². The van der Waals surface area contributed by atoms with Crippen molar-refractivity contribution in [1.29, 1.82) is 0 Å². The van der Waals surface area contributed by atoms with E-state index in [2.05, 4.69) is 50.4 Å². The molecule has 1 saturated carbocycles. The van der Waals surface area contributed by atoms with Crippen LogP contribution in [0.4, 0.5) is 0 Å². The second kappa shape index (κ2) is 6.95. The number of ether oxygens (including phenoxy) is 1. The van der Waals surface area contributed by atoms with Gasteiger partial charge in [0.1, 0.15) is 11.9 Å². The molecular formula is C17H27NO. The Morgan fingerprint density at radius 2 is 1.95 bits per heavy atom. The standard InChI is InChI=1S/C17H27NO/c1-4-13(3)16-8-6-7-9-17(16)19-15(5-2)12-18-14-10-11-14/h6-9,13-15,18H,4-5,10-12H2,1-3H3. The maximum Gasteiger partial charge on any atom is 0.123 e. The Labute approximate surface area is 117 Å². The van der Waals surface area contributed by atoms with Crippen LogP contribution in [-0.4, -0.2) is 18.7 Å². The van der Waals surface area contributed by atoms with Crippen LogP contribution in [0.1, 0.15) is 57.9 Å². The maximum absolute atomic E-state index is 6.23. The summed E-state index contributed by atoms with van der Waals surface area (Å²) in [5.41, 5.74) is 1.34. The molecule has 0 heterocycles. The molecule has 1 N–H and O–H groups in total. The monoisotopic (exact) mass is 261 g/mol. The first kappa shape index (κ1) is 14.4. The number of para-hydroxylation sites is 1. The van der Waals surface area contributed by atoms with Gasteiger partial charge in [-0.3, -0.25) is 0 Å². The second-order valence-electron chi connectivity index (χ2n) is 5.68. The summed E-state index contributed by atoms with van der Waals surface area (Å²) in [6.45, 7) is 7.67. The molecule has 1 fully saturated rings. The minimum atomic E-state index is 0.283. The molecule has 0 spiro atoms. The van der Waals surface area contributed by atoms with Gasteiger partial charge in [-0.15, -0.1) is 0 Å². The number of nitrogens with one attached hydrogen (secondary N) is 1. The molecule has 1 aliphatic carbocycles. The van der Waals surface area contributed by atoms with E-state index in [1.807, 2.05) is 0 Å². The fourth-order valence-electron chi connectivity index (χ4n) is 2.25. The number of rotatable bonds is 8. The van der Waals surface area contributed by atoms with Crippen LogP contribution in [0.5, 0.6) is 5.75 Å². The first-order valence-corrected chi connectivity index (χ1v) is 7.73. The molecule has 2 atom stereocenters. The van der Waals surface area contributed by atoms with Crippen molar-refractivity contribution in [2.75, 3.05) is 6.54 Å². The molecule has 2 nitrogen and oxygen atoms in total. The van der Waals surface area contributed by atoms with Crippen molar-refractivity contribution in [1.82, 2.24) is 5.32 Å². The first-order valence-electron chi connectivity index (χ1n) is 7.73. The van der Waals surface area contributed by atoms with Crippen LogP contribution in [-0.2, 0) is 0 Å². The number of benzene rings is 1. The Morgan fingerprint density at radius 3 is 2.58 bits per heavy atom. The third kappa shape index (κ3) is 4.24. The lowest BCUT2D eigenvalue weighted by Crippen LogP contribution is -2.32. The van der Waals surface area contributed by atoms with Gasteiger partial charge in [0.25, 0.3) is 0 Å². The van der Waals surface area contributed by atoms with Gasteiger partial charge in [-0.05, 0) is 43.2 Å². The van der Waals surface area contributed by atoms with Crippen molar-refractivity contribution in [2.24, 2.45) is 0 Å². The normalized spacial score (nSPS) is 18.1. The van der Waals surface area contributed by atoms with Gasteiger partial charge in [-0.2, -0.15) is 0 Å². The summed E-state index contributed by atoms with van der Waals surface area (Å²) in [4.78, 5) is 0. The lowest BCUT2D eigenvalue weighted by atomic mass is 9.98. The van der Waals surface area contributed by atoms with Crippen molar-refractivity contribution in [2.45, 2.75) is 64.5 Å². The van der Waals surface area contributed by atoms with Crippen LogP contribution in [0, 0.1) is 0 Å². The molecule has 2 heteroatoms. The van der Waals surface area contributed by atoms with Gasteiger partial charge in [-0.1, -0.05) is 39.0 Å². The Balaban J connectivity index is 1.98. The maximum atomic E-state index is 6.23. The lowest BCUT2D eigenvalue weighted by molar-refractivity contribution is 0.190. The second-order valence-corrected chi connectivity index (χ2v) is 5.68. The summed E-state index contributed by atoms with van der Waals surface area (Å²) in [5.74, 6) is 1.63. The third-order valence-corrected chi connectivity index (χ3v) is 4.02. The van der Waals surface area contributed by atoms with Crippen molar-refractivity contribution in [3.05, 3.63) is 29.8 Å². The zero-order chi connectivity index (χ0) is 13.7. The molecule has 1 aromatic carbocycles. The molecule has 0 radical (unpaired) electrons. The van der Waals surface area contributed by atoms with E-state index in [9.17, 15) is 0 Å². The van der Waals surface area contributed by atoms with Crippen LogP contribution in [0.2, 0.25) is 0 Å². The highest BCUT2D eigenvalue weighted by atomic mass is 16.5. The molecule has 106 valence electrons. The molecular weight excluding hydrogens is 234 g/mol. The Bertz CT molecular complexity index is 387. The average Bonchev–Trinajstić information content (AvgIpc) is 3.27. The SMILES string of the molecule is CCC(CNC1CC1)Oc1ccccc1C(C)CC. The van der Waals surface area contributed by atoms with Gasteiger partial charge >= 0.3 is 0 Å². The molecule has 0 aromatic heterocycles. The molecule has 19 heavy (non-hydrogen) atoms. The quantitative estimate of drug-likeness (QED) is 0.760. The molecule has 0 aliphatic heterocycles. The van der Waals surface area contributed by atoms with Crippen molar-refractivity contribution < 1.29 is 4.74 Å². The Kier molecular flexibility index (Phi) is 5.26. The van der Waals surface area contributed by atoms with E-state index in [-0.39, 0.29) is 6.10 Å². The summed E-state index contributed by atoms with van der Waals surface area (Å²) in [6.07, 6.45) is 5.15. The highest BCUT2D eigenvalue weighted by Crippen LogP contribution is 2.29. The first-order chi connectivity index (χ1) is 9.24. The molecule has 2 rings (SSSR count). The molecule has 1 aliphatic rings. The van der Waals surface area contributed by atoms with Gasteiger partial charge in [-0.25, -0.2) is 0 Å². The smallest absolute Gasteiger partial charge is 0.123 e. The van der Waals surface area contributed by atoms with Crippen molar-refractivity contribution in [3.63, 3.8) is 0 Å². The molecule has 0 bridgehead atoms. The fraction of sp³-hybridized carbons (Fsp3) is 0.647. The van der Waals surface area contributed by atoms with Gasteiger partial charge < -0.3 is 10.1 Å². The zero-order valence-corrected chi connectivity index (χ0v) is 12.5. The summed E-state index contributed by atoms with van der Waals surface area (Å²) in [5, 5.41) is 3.57. The zero-order valence-electron chi connectivity index (χ0n) is 12.5. The van der Waals surface area contributed by atoms with Crippen LogP contribution < -0.4 is 10.1 Å². The highest BCUT2D eigenvalue weighted by molar-refractivity contribution is 5.36. The van der Waals surface area contributed by atoms with E-state index in [4.69, 9.17) is 4.74 Å². The van der Waals surface area contributed by atoms with E-state index in [0.29, 0.717) is 5.92 Å². The van der Waals surface area contributed by atoms with Crippen LogP contribution >= 0.6 is 0 Å². The lowest BCUT2D eigenvalue weighted by Gasteiger charge is -2.22. The fourth-order valence-corrected chi connectivity index (χ4v) is 2.25. The van der Waals surface area contributed by atoms with E-state index in [1.54, 1.807) is 0 Å². The summed E-state index contributed by atoms with van der Waals surface area (Å²) in [7, 11) is 0. The number of hydrogen-bond donors (Lipinski definition) is 1. The summed E-state index contributed by atoms with van der Waals surface area (Å²) >= 11 is 0. The van der Waals surface area contributed by atoms with E-state index < -0.39 is 0 Å². The summed E-state index contributed by atoms with van der Waals surface area (Å²) in [6, 6.07) is 9.24. The van der Waals surface area contributed by atoms with Crippen LogP contribution in [0.3, 0.4) is 0 Å². The predicted octanol–water partition coefficient (Wildman–Crippen LogP) is 4.11. The summed E-state index contributed by atoms with van der Waals surface area (Å²) < 4.78 is 6.23. The van der Waals surface area contributed by atoms with E-state index in [1.165, 1.54) is 18.4 Å². The van der Waals surface area contributed by atoms with Gasteiger partial charge in [0.15, 0.2) is 0 Å². The molecule has 0 amide bonds. The van der Waals surface area contributed by atoms with Crippen LogP contribution in [0.15, 0.2) is 24.3 Å². The van der Waals surface area contributed by atoms with Gasteiger partial charge in [0.05, 0.1) is 0 Å². The Morgan fingerprint density at radius 1 is 1.21 bits per heavy atom. The largest absolute Gasteiger partial charge is 0.489 e. The molecule has 0 saturated heterocycles. The Hall–Kier alpha value is -1.02.